The van der Waals surface area contributed by atoms with Gasteiger partial charge in [-0.1, -0.05) is 6.07 Å². The molecule has 5 N–H and O–H groups in total. The van der Waals surface area contributed by atoms with E-state index in [0.717, 1.165) is 29.8 Å². The minimum Gasteiger partial charge on any atom is -0.465 e. The Labute approximate surface area is 179 Å². The monoisotopic (exact) mass is 417 g/mol. The van der Waals surface area contributed by atoms with E-state index in [-0.39, 0.29) is 11.9 Å². The third kappa shape index (κ3) is 4.75. The Morgan fingerprint density at radius 2 is 1.77 bits per heavy atom. The number of carbonyl (C=O) groups is 2. The maximum Gasteiger partial charge on any atom is 0.404 e. The molecular formula is C23H23N5O3. The highest BCUT2D eigenvalue weighted by atomic mass is 16.4. The molecule has 8 nitrogen and oxygen atoms in total. The van der Waals surface area contributed by atoms with Gasteiger partial charge in [0.05, 0.1) is 17.4 Å². The number of nitrogens with one attached hydrogen (secondary N) is 2. The molecular weight excluding hydrogens is 394 g/mol. The van der Waals surface area contributed by atoms with Gasteiger partial charge in [0.25, 0.3) is 5.91 Å². The predicted octanol–water partition coefficient (Wildman–Crippen LogP) is 3.43. The smallest absolute Gasteiger partial charge is 0.404 e. The minimum atomic E-state index is -1.01. The number of carboxylic acid groups (broad SMARTS) is 1. The van der Waals surface area contributed by atoms with Crippen molar-refractivity contribution in [1.29, 1.82) is 0 Å². The Morgan fingerprint density at radius 3 is 2.48 bits per heavy atom. The Kier molecular flexibility index (Phi) is 5.70. The number of nitrogens with zero attached hydrogens (tertiary/aromatic N) is 2. The molecule has 0 spiro atoms. The number of carbonyl (C=O) groups excluding carboxylic acids is 1. The van der Waals surface area contributed by atoms with Gasteiger partial charge in [0.1, 0.15) is 0 Å². The van der Waals surface area contributed by atoms with Crippen LogP contribution in [0.4, 0.5) is 21.9 Å². The summed E-state index contributed by atoms with van der Waals surface area (Å²) in [6.07, 6.45) is 3.17. The Bertz CT molecular complexity index is 1090. The number of hydrogen-bond acceptors (Lipinski definition) is 5. The largest absolute Gasteiger partial charge is 0.465 e. The van der Waals surface area contributed by atoms with E-state index in [2.05, 4.69) is 20.5 Å². The molecule has 2 amide bonds. The van der Waals surface area contributed by atoms with Gasteiger partial charge in [-0.3, -0.25) is 9.78 Å². The second-order valence-electron chi connectivity index (χ2n) is 7.42. The normalized spacial score (nSPS) is 15.5. The number of hydrogen-bond donors (Lipinski definition) is 4. The predicted molar refractivity (Wildman–Crippen MR) is 120 cm³/mol. The standard InChI is InChI=1S/C23H23N5O3/c24-20-6-3-17(15-7-10-25-11-8-15)13-21(20)27-22(29)16-1-4-19(5-2-16)28-12-9-18(14-28)26-23(30)31/h1-8,10-11,13,18,26H,9,12,14,24H2,(H,27,29)(H,30,31). The van der Waals surface area contributed by atoms with Gasteiger partial charge in [-0.2, -0.15) is 0 Å². The third-order valence-corrected chi connectivity index (χ3v) is 5.33. The molecule has 1 aliphatic heterocycles. The maximum atomic E-state index is 12.8. The summed E-state index contributed by atoms with van der Waals surface area (Å²) in [6.45, 7) is 1.37. The van der Waals surface area contributed by atoms with E-state index >= 15 is 0 Å². The molecule has 0 aliphatic carbocycles. The van der Waals surface area contributed by atoms with Gasteiger partial charge in [-0.05, 0) is 66.1 Å². The zero-order chi connectivity index (χ0) is 21.8. The molecule has 1 fully saturated rings. The molecule has 1 unspecified atom stereocenters. The van der Waals surface area contributed by atoms with Gasteiger partial charge < -0.3 is 26.4 Å². The van der Waals surface area contributed by atoms with Crippen LogP contribution < -0.4 is 21.3 Å². The second-order valence-corrected chi connectivity index (χ2v) is 7.42. The lowest BCUT2D eigenvalue weighted by molar-refractivity contribution is 0.102. The van der Waals surface area contributed by atoms with E-state index in [1.165, 1.54) is 0 Å². The van der Waals surface area contributed by atoms with Gasteiger partial charge in [0.15, 0.2) is 0 Å². The number of pyridine rings is 1. The van der Waals surface area contributed by atoms with Gasteiger partial charge in [-0.25, -0.2) is 4.79 Å². The number of benzene rings is 2. The summed E-state index contributed by atoms with van der Waals surface area (Å²) < 4.78 is 0. The van der Waals surface area contributed by atoms with Crippen molar-refractivity contribution in [1.82, 2.24) is 10.3 Å². The zero-order valence-electron chi connectivity index (χ0n) is 16.8. The van der Waals surface area contributed by atoms with Gasteiger partial charge in [0, 0.05) is 36.7 Å². The van der Waals surface area contributed by atoms with Crippen LogP contribution in [-0.2, 0) is 0 Å². The molecule has 1 aromatic heterocycles. The Hall–Kier alpha value is -4.07. The summed E-state index contributed by atoms with van der Waals surface area (Å²) in [5.74, 6) is -0.253. The van der Waals surface area contributed by atoms with Crippen molar-refractivity contribution < 1.29 is 14.7 Å². The number of aromatic nitrogens is 1. The van der Waals surface area contributed by atoms with E-state index in [1.54, 1.807) is 30.6 Å². The number of amides is 2. The second kappa shape index (κ2) is 8.74. The highest BCUT2D eigenvalue weighted by Crippen LogP contribution is 2.28. The van der Waals surface area contributed by atoms with Crippen LogP contribution in [-0.4, -0.2) is 41.2 Å². The van der Waals surface area contributed by atoms with Crippen molar-refractivity contribution in [2.45, 2.75) is 12.5 Å². The lowest BCUT2D eigenvalue weighted by Crippen LogP contribution is -2.36. The molecule has 2 heterocycles. The topological polar surface area (TPSA) is 121 Å². The number of nitrogen functional groups attached to an aromatic ring is 1. The zero-order valence-corrected chi connectivity index (χ0v) is 16.8. The van der Waals surface area contributed by atoms with Crippen LogP contribution in [0.2, 0.25) is 0 Å². The highest BCUT2D eigenvalue weighted by molar-refractivity contribution is 6.06. The van der Waals surface area contributed by atoms with Crippen LogP contribution in [0.1, 0.15) is 16.8 Å². The van der Waals surface area contributed by atoms with Crippen molar-refractivity contribution in [3.63, 3.8) is 0 Å². The van der Waals surface area contributed by atoms with Crippen LogP contribution in [0.3, 0.4) is 0 Å². The molecule has 4 rings (SSSR count). The van der Waals surface area contributed by atoms with Gasteiger partial charge in [0.2, 0.25) is 0 Å². The maximum absolute atomic E-state index is 12.8. The van der Waals surface area contributed by atoms with E-state index in [4.69, 9.17) is 10.8 Å². The van der Waals surface area contributed by atoms with Crippen LogP contribution in [0.5, 0.6) is 0 Å². The molecule has 1 aliphatic rings. The van der Waals surface area contributed by atoms with Crippen molar-refractivity contribution >= 4 is 29.1 Å². The quantitative estimate of drug-likeness (QED) is 0.472. The number of anilines is 3. The van der Waals surface area contributed by atoms with Crippen LogP contribution in [0.15, 0.2) is 67.0 Å². The minimum absolute atomic E-state index is 0.0869. The van der Waals surface area contributed by atoms with Crippen LogP contribution >= 0.6 is 0 Å². The first kappa shape index (κ1) is 20.2. The Balaban J connectivity index is 1.44. The summed E-state index contributed by atoms with van der Waals surface area (Å²) in [4.78, 5) is 29.7. The van der Waals surface area contributed by atoms with Gasteiger partial charge >= 0.3 is 6.09 Å². The molecule has 1 atom stereocenters. The molecule has 31 heavy (non-hydrogen) atoms. The molecule has 8 heteroatoms. The first-order valence-corrected chi connectivity index (χ1v) is 9.95. The Morgan fingerprint density at radius 1 is 1.03 bits per heavy atom. The summed E-state index contributed by atoms with van der Waals surface area (Å²) in [7, 11) is 0. The molecule has 0 bridgehead atoms. The number of rotatable bonds is 5. The van der Waals surface area contributed by atoms with Crippen LogP contribution in [0.25, 0.3) is 11.1 Å². The average Bonchev–Trinajstić information content (AvgIpc) is 3.23. The summed E-state index contributed by atoms with van der Waals surface area (Å²) in [6, 6.07) is 16.5. The van der Waals surface area contributed by atoms with Gasteiger partial charge in [-0.15, -0.1) is 0 Å². The third-order valence-electron chi connectivity index (χ3n) is 5.33. The number of nitrogens with two attached hydrogens (primary N) is 1. The first-order chi connectivity index (χ1) is 15.0. The molecule has 158 valence electrons. The van der Waals surface area contributed by atoms with Crippen molar-refractivity contribution in [2.75, 3.05) is 29.0 Å². The van der Waals surface area contributed by atoms with Crippen molar-refractivity contribution in [3.05, 3.63) is 72.6 Å². The van der Waals surface area contributed by atoms with E-state index in [0.29, 0.717) is 23.5 Å². The average molecular weight is 417 g/mol. The summed E-state index contributed by atoms with van der Waals surface area (Å²) in [5, 5.41) is 14.3. The lowest BCUT2D eigenvalue weighted by atomic mass is 10.1. The van der Waals surface area contributed by atoms with E-state index in [9.17, 15) is 9.59 Å². The molecule has 2 aromatic carbocycles. The highest BCUT2D eigenvalue weighted by Gasteiger charge is 2.24. The van der Waals surface area contributed by atoms with E-state index in [1.807, 2.05) is 36.4 Å². The summed E-state index contributed by atoms with van der Waals surface area (Å²) in [5.41, 5.74) is 10.5. The summed E-state index contributed by atoms with van der Waals surface area (Å²) >= 11 is 0. The molecule has 1 saturated heterocycles. The van der Waals surface area contributed by atoms with Crippen molar-refractivity contribution in [3.8, 4) is 11.1 Å². The fourth-order valence-electron chi connectivity index (χ4n) is 3.69. The molecule has 0 saturated carbocycles. The van der Waals surface area contributed by atoms with Crippen LogP contribution in [0, 0.1) is 0 Å². The van der Waals surface area contributed by atoms with E-state index < -0.39 is 6.09 Å². The fourth-order valence-corrected chi connectivity index (χ4v) is 3.69. The fraction of sp³-hybridized carbons (Fsp3) is 0.174. The van der Waals surface area contributed by atoms with Crippen molar-refractivity contribution in [2.24, 2.45) is 0 Å². The SMILES string of the molecule is Nc1ccc(-c2ccncc2)cc1NC(=O)c1ccc(N2CCC(NC(=O)O)C2)cc1. The molecule has 3 aromatic rings. The lowest BCUT2D eigenvalue weighted by Gasteiger charge is -2.19. The first-order valence-electron chi connectivity index (χ1n) is 9.95. The molecule has 0 radical (unpaired) electrons.